The highest BCUT2D eigenvalue weighted by molar-refractivity contribution is 6.40. The molecule has 8 rings (SSSR count). The number of nitrogens with one attached hydrogen (secondary N) is 2. The average molecular weight is 816 g/mol. The SMILES string of the molecule is Cn1c(C(=O)Nc2cccc(-c3cccc(NC(=O)c4nc5c(n4C)CCN(C4CCCCC4)C5)c3Cl)c2Cl)nc2c1CCN(CC[C@H]1CC[C@H](C(=O)O)CC1)C2. The summed E-state index contributed by atoms with van der Waals surface area (Å²) in [7, 11) is 3.78. The van der Waals surface area contributed by atoms with Crippen molar-refractivity contribution in [2.45, 2.75) is 96.2 Å². The Morgan fingerprint density at radius 3 is 1.84 bits per heavy atom. The molecule has 4 heterocycles. The molecule has 3 N–H and O–H groups in total. The van der Waals surface area contributed by atoms with Crippen molar-refractivity contribution in [3.63, 3.8) is 0 Å². The molecule has 0 saturated heterocycles. The number of aliphatic carboxylic acids is 1. The molecule has 2 aliphatic carbocycles. The third-order valence-electron chi connectivity index (χ3n) is 13.0. The molecule has 0 spiro atoms. The molecule has 0 bridgehead atoms. The van der Waals surface area contributed by atoms with E-state index in [1.807, 2.05) is 47.5 Å². The zero-order valence-electron chi connectivity index (χ0n) is 32.8. The van der Waals surface area contributed by atoms with E-state index in [-0.39, 0.29) is 17.7 Å². The quantitative estimate of drug-likeness (QED) is 0.147. The molecule has 4 aromatic rings. The highest BCUT2D eigenvalue weighted by Gasteiger charge is 2.31. The van der Waals surface area contributed by atoms with Crippen molar-refractivity contribution in [2.75, 3.05) is 30.3 Å². The topological polar surface area (TPSA) is 138 Å². The number of carbonyl (C=O) groups is 3. The van der Waals surface area contributed by atoms with Gasteiger partial charge in [-0.05, 0) is 69.5 Å². The Morgan fingerprint density at radius 1 is 0.737 bits per heavy atom. The molecule has 0 unspecified atom stereocenters. The van der Waals surface area contributed by atoms with E-state index in [1.54, 1.807) is 12.1 Å². The zero-order valence-corrected chi connectivity index (χ0v) is 34.3. The van der Waals surface area contributed by atoms with Gasteiger partial charge in [-0.2, -0.15) is 0 Å². The summed E-state index contributed by atoms with van der Waals surface area (Å²) < 4.78 is 3.79. The van der Waals surface area contributed by atoms with E-state index < -0.39 is 5.97 Å². The highest BCUT2D eigenvalue weighted by atomic mass is 35.5. The lowest BCUT2D eigenvalue weighted by molar-refractivity contribution is -0.143. The summed E-state index contributed by atoms with van der Waals surface area (Å²) in [6, 6.07) is 11.4. The number of carbonyl (C=O) groups excluding carboxylic acids is 2. The Balaban J connectivity index is 0.921. The molecular weight excluding hydrogens is 763 g/mol. The summed E-state index contributed by atoms with van der Waals surface area (Å²) in [6.45, 7) is 4.24. The molecule has 2 aliphatic heterocycles. The standard InChI is InChI=1S/C43H52Cl2N8O4/c1-50-35-19-22-52(21-18-26-14-16-27(17-15-26)43(56)57)24-33(35)46-39(50)41(54)48-31-12-6-10-29(37(31)44)30-11-7-13-32(38(30)45)49-42(55)40-47-34-25-53(23-20-36(34)51(40)2)28-8-4-3-5-9-28/h6-7,10-13,26-28H,3-5,8-9,14-25H2,1-2H3,(H,48,54)(H,49,55)(H,56,57)/t26-,27-. The second kappa shape index (κ2) is 16.9. The summed E-state index contributed by atoms with van der Waals surface area (Å²) in [6.07, 6.45) is 12.5. The van der Waals surface area contributed by atoms with Gasteiger partial charge < -0.3 is 24.9 Å². The highest BCUT2D eigenvalue weighted by Crippen LogP contribution is 2.41. The predicted octanol–water partition coefficient (Wildman–Crippen LogP) is 7.96. The van der Waals surface area contributed by atoms with Crippen LogP contribution in [0.2, 0.25) is 10.0 Å². The van der Waals surface area contributed by atoms with Gasteiger partial charge in [0.15, 0.2) is 11.6 Å². The maximum atomic E-state index is 13.7. The third kappa shape index (κ3) is 8.24. The molecular formula is C43H52Cl2N8O4. The molecule has 14 heteroatoms. The molecule has 2 aromatic carbocycles. The number of carboxylic acid groups (broad SMARTS) is 1. The fourth-order valence-electron chi connectivity index (χ4n) is 9.58. The molecule has 0 radical (unpaired) electrons. The number of halogens is 2. The maximum Gasteiger partial charge on any atom is 0.306 e. The molecule has 0 atom stereocenters. The van der Waals surface area contributed by atoms with E-state index in [0.29, 0.717) is 62.7 Å². The summed E-state index contributed by atoms with van der Waals surface area (Å²) in [5.41, 5.74) is 6.12. The van der Waals surface area contributed by atoms with Gasteiger partial charge in [-0.25, -0.2) is 9.97 Å². The van der Waals surface area contributed by atoms with Crippen LogP contribution in [0.3, 0.4) is 0 Å². The van der Waals surface area contributed by atoms with Gasteiger partial charge in [0, 0.05) is 81.7 Å². The first kappa shape index (κ1) is 39.6. The molecule has 2 fully saturated rings. The number of rotatable bonds is 10. The lowest BCUT2D eigenvalue weighted by Crippen LogP contribution is -2.40. The monoisotopic (exact) mass is 814 g/mol. The Morgan fingerprint density at radius 2 is 1.28 bits per heavy atom. The van der Waals surface area contributed by atoms with E-state index in [1.165, 1.54) is 32.1 Å². The lowest BCUT2D eigenvalue weighted by Gasteiger charge is -2.36. The molecule has 302 valence electrons. The first-order valence-electron chi connectivity index (χ1n) is 20.5. The number of imidazole rings is 2. The number of nitrogens with zero attached hydrogens (tertiary/aromatic N) is 6. The summed E-state index contributed by atoms with van der Waals surface area (Å²) in [4.78, 5) is 53.3. The van der Waals surface area contributed by atoms with Crippen molar-refractivity contribution in [1.82, 2.24) is 28.9 Å². The van der Waals surface area contributed by atoms with Gasteiger partial charge >= 0.3 is 5.97 Å². The first-order chi connectivity index (χ1) is 27.5. The number of carboxylic acids is 1. The lowest BCUT2D eigenvalue weighted by atomic mass is 9.80. The molecule has 57 heavy (non-hydrogen) atoms. The van der Waals surface area contributed by atoms with Crippen LogP contribution in [0.15, 0.2) is 36.4 Å². The van der Waals surface area contributed by atoms with Gasteiger partial charge in [0.1, 0.15) is 0 Å². The van der Waals surface area contributed by atoms with Crippen molar-refractivity contribution in [1.29, 1.82) is 0 Å². The number of hydrogen-bond donors (Lipinski definition) is 3. The minimum atomic E-state index is -0.668. The Labute approximate surface area is 343 Å². The Kier molecular flexibility index (Phi) is 11.8. The number of benzene rings is 2. The molecule has 2 aromatic heterocycles. The van der Waals surface area contributed by atoms with Crippen LogP contribution >= 0.6 is 23.2 Å². The minimum Gasteiger partial charge on any atom is -0.481 e. The Bertz CT molecular complexity index is 2170. The molecule has 2 saturated carbocycles. The zero-order chi connectivity index (χ0) is 39.8. The van der Waals surface area contributed by atoms with Crippen LogP contribution in [0.5, 0.6) is 0 Å². The Hall–Kier alpha value is -4.23. The van der Waals surface area contributed by atoms with Gasteiger partial charge in [-0.15, -0.1) is 0 Å². The summed E-state index contributed by atoms with van der Waals surface area (Å²) in [5.74, 6) is -0.330. The number of anilines is 2. The number of amides is 2. The van der Waals surface area contributed by atoms with Gasteiger partial charge in [0.2, 0.25) is 0 Å². The van der Waals surface area contributed by atoms with Crippen LogP contribution in [-0.2, 0) is 44.8 Å². The predicted molar refractivity (Wildman–Crippen MR) is 222 cm³/mol. The van der Waals surface area contributed by atoms with Crippen LogP contribution in [0.25, 0.3) is 11.1 Å². The fourth-order valence-corrected chi connectivity index (χ4v) is 10.1. The van der Waals surface area contributed by atoms with Gasteiger partial charge in [0.05, 0.1) is 38.7 Å². The second-order valence-corrected chi connectivity index (χ2v) is 17.2. The van der Waals surface area contributed by atoms with Gasteiger partial charge in [0.25, 0.3) is 11.8 Å². The number of hydrogen-bond acceptors (Lipinski definition) is 7. The molecule has 12 nitrogen and oxygen atoms in total. The number of fused-ring (bicyclic) bond motifs is 2. The van der Waals surface area contributed by atoms with Crippen molar-refractivity contribution >= 4 is 52.4 Å². The van der Waals surface area contributed by atoms with Crippen molar-refractivity contribution in [3.05, 3.63) is 80.9 Å². The smallest absolute Gasteiger partial charge is 0.306 e. The first-order valence-corrected chi connectivity index (χ1v) is 21.3. The van der Waals surface area contributed by atoms with E-state index in [4.69, 9.17) is 33.2 Å². The summed E-state index contributed by atoms with van der Waals surface area (Å²) in [5, 5.41) is 16.0. The van der Waals surface area contributed by atoms with Crippen LogP contribution in [0.1, 0.15) is 108 Å². The average Bonchev–Trinajstić information content (AvgIpc) is 3.74. The number of aromatic nitrogens is 4. The van der Waals surface area contributed by atoms with Crippen molar-refractivity contribution in [2.24, 2.45) is 25.9 Å². The van der Waals surface area contributed by atoms with Crippen molar-refractivity contribution in [3.8, 4) is 11.1 Å². The van der Waals surface area contributed by atoms with E-state index >= 15 is 0 Å². The largest absolute Gasteiger partial charge is 0.481 e. The normalized spacial score (nSPS) is 20.5. The van der Waals surface area contributed by atoms with Crippen molar-refractivity contribution < 1.29 is 19.5 Å². The summed E-state index contributed by atoms with van der Waals surface area (Å²) >= 11 is 14.0. The maximum absolute atomic E-state index is 13.7. The van der Waals surface area contributed by atoms with Gasteiger partial charge in [-0.1, -0.05) is 66.7 Å². The van der Waals surface area contributed by atoms with Crippen LogP contribution in [0.4, 0.5) is 11.4 Å². The molecule has 4 aliphatic rings. The minimum absolute atomic E-state index is 0.196. The molecule has 2 amide bonds. The van der Waals surface area contributed by atoms with E-state index in [9.17, 15) is 19.5 Å². The van der Waals surface area contributed by atoms with Crippen LogP contribution in [-0.4, -0.2) is 77.5 Å². The van der Waals surface area contributed by atoms with Crippen LogP contribution in [0, 0.1) is 11.8 Å². The van der Waals surface area contributed by atoms with E-state index in [2.05, 4.69) is 20.4 Å². The van der Waals surface area contributed by atoms with Crippen LogP contribution < -0.4 is 10.6 Å². The van der Waals surface area contributed by atoms with E-state index in [0.717, 1.165) is 93.9 Å². The fraction of sp³-hybridized carbons (Fsp3) is 0.512. The third-order valence-corrected chi connectivity index (χ3v) is 13.8. The van der Waals surface area contributed by atoms with Gasteiger partial charge in [-0.3, -0.25) is 24.2 Å². The second-order valence-electron chi connectivity index (χ2n) is 16.4.